The van der Waals surface area contributed by atoms with Crippen molar-refractivity contribution in [3.05, 3.63) is 107 Å². The first-order valence-electron chi connectivity index (χ1n) is 11.3. The van der Waals surface area contributed by atoms with Gasteiger partial charge >= 0.3 is 0 Å². The average Bonchev–Trinajstić information content (AvgIpc) is 3.30. The van der Waals surface area contributed by atoms with E-state index in [1.807, 2.05) is 84.9 Å². The molecule has 4 rings (SSSR count). The molecule has 1 aliphatic heterocycles. The summed E-state index contributed by atoms with van der Waals surface area (Å²) in [6, 6.07) is 26.4. The highest BCUT2D eigenvalue weighted by Crippen LogP contribution is 2.28. The second kappa shape index (κ2) is 11.1. The summed E-state index contributed by atoms with van der Waals surface area (Å²) in [6.45, 7) is 0.510. The Morgan fingerprint density at radius 1 is 0.971 bits per heavy atom. The third kappa shape index (κ3) is 5.74. The number of likely N-dealkylation sites (tertiary alicyclic amines) is 1. The number of carbonyl (C=O) groups excluding carboxylic acids is 2. The van der Waals surface area contributed by atoms with E-state index in [1.165, 1.54) is 5.54 Å². The number of aliphatic hydroxyl groups is 1. The van der Waals surface area contributed by atoms with Crippen LogP contribution in [0.4, 0.5) is 0 Å². The highest BCUT2D eigenvalue weighted by molar-refractivity contribution is 6.25. The lowest BCUT2D eigenvalue weighted by molar-refractivity contribution is -0.122. The highest BCUT2D eigenvalue weighted by atomic mass is 35.5. The van der Waals surface area contributed by atoms with Gasteiger partial charge in [-0.1, -0.05) is 84.4 Å². The molecule has 2 N–H and O–H groups in total. The van der Waals surface area contributed by atoms with Gasteiger partial charge in [-0.05, 0) is 40.8 Å². The second-order valence-electron chi connectivity index (χ2n) is 8.44. The van der Waals surface area contributed by atoms with E-state index in [0.29, 0.717) is 18.5 Å². The minimum absolute atomic E-state index is 0.114. The van der Waals surface area contributed by atoms with E-state index in [4.69, 9.17) is 11.6 Å². The summed E-state index contributed by atoms with van der Waals surface area (Å²) in [5.74, 6) is -0.344. The summed E-state index contributed by atoms with van der Waals surface area (Å²) in [6.07, 6.45) is -0.0943. The number of halogens is 1. The summed E-state index contributed by atoms with van der Waals surface area (Å²) in [5, 5.41) is 13.1. The lowest BCUT2D eigenvalue weighted by Crippen LogP contribution is -2.39. The van der Waals surface area contributed by atoms with Crippen LogP contribution >= 0.6 is 11.6 Å². The van der Waals surface area contributed by atoms with Gasteiger partial charge in [0.25, 0.3) is 5.91 Å². The minimum atomic E-state index is -0.784. The van der Waals surface area contributed by atoms with Crippen LogP contribution in [0, 0.1) is 0 Å². The predicted octanol–water partition coefficient (Wildman–Crippen LogP) is 4.93. The summed E-state index contributed by atoms with van der Waals surface area (Å²) in [7, 11) is 0. The number of amides is 2. The number of hydrogen-bond acceptors (Lipinski definition) is 3. The topological polar surface area (TPSA) is 69.6 Å². The van der Waals surface area contributed by atoms with E-state index in [1.54, 1.807) is 4.90 Å². The minimum Gasteiger partial charge on any atom is -0.387 e. The lowest BCUT2D eigenvalue weighted by Gasteiger charge is -2.24. The maximum absolute atomic E-state index is 13.3. The molecule has 2 atom stereocenters. The molecule has 1 aliphatic rings. The summed E-state index contributed by atoms with van der Waals surface area (Å²) >= 11 is 5.95. The Bertz CT molecular complexity index is 1150. The lowest BCUT2D eigenvalue weighted by atomic mass is 10.0. The molecule has 0 aliphatic carbocycles. The molecule has 34 heavy (non-hydrogen) atoms. The van der Waals surface area contributed by atoms with E-state index in [-0.39, 0.29) is 30.8 Å². The van der Waals surface area contributed by atoms with E-state index in [0.717, 1.165) is 22.3 Å². The molecule has 0 aromatic heterocycles. The molecule has 0 radical (unpaired) electrons. The zero-order valence-electron chi connectivity index (χ0n) is 18.7. The van der Waals surface area contributed by atoms with Crippen molar-refractivity contribution in [3.8, 4) is 11.1 Å². The van der Waals surface area contributed by atoms with E-state index < -0.39 is 6.10 Å². The molecule has 0 saturated carbocycles. The van der Waals surface area contributed by atoms with Crippen LogP contribution in [0.15, 0.2) is 96.0 Å². The van der Waals surface area contributed by atoms with Gasteiger partial charge in [0.15, 0.2) is 0 Å². The van der Waals surface area contributed by atoms with E-state index in [9.17, 15) is 14.7 Å². The molecule has 174 valence electrons. The molecule has 0 spiro atoms. The standard InChI is InChI=1S/C28H27ClN2O3/c29-17-20-15-25(16-27(33)30-18-26(32)23-9-5-2-6-10-23)31(19-20)28(34)24-13-11-22(12-14-24)21-7-3-1-4-8-21/h1-14,17,25-26,32H,15-16,18-19H2,(H,30,33)/t25-,26?/m0/s1. The summed E-state index contributed by atoms with van der Waals surface area (Å²) < 4.78 is 0. The Kier molecular flexibility index (Phi) is 7.78. The molecule has 1 unspecified atom stereocenters. The number of nitrogens with one attached hydrogen (secondary N) is 1. The van der Waals surface area contributed by atoms with Gasteiger partial charge in [-0.15, -0.1) is 0 Å². The molecule has 2 amide bonds. The van der Waals surface area contributed by atoms with Crippen molar-refractivity contribution in [1.29, 1.82) is 0 Å². The van der Waals surface area contributed by atoms with Gasteiger partial charge in [-0.25, -0.2) is 0 Å². The number of rotatable bonds is 7. The maximum Gasteiger partial charge on any atom is 0.254 e. The molecule has 1 fully saturated rings. The van der Waals surface area contributed by atoms with E-state index >= 15 is 0 Å². The smallest absolute Gasteiger partial charge is 0.254 e. The van der Waals surface area contributed by atoms with Crippen molar-refractivity contribution >= 4 is 23.4 Å². The van der Waals surface area contributed by atoms with Crippen molar-refractivity contribution in [3.63, 3.8) is 0 Å². The molecule has 3 aromatic rings. The van der Waals surface area contributed by atoms with Crippen molar-refractivity contribution in [2.24, 2.45) is 0 Å². The molecule has 3 aromatic carbocycles. The zero-order valence-corrected chi connectivity index (χ0v) is 19.5. The van der Waals surface area contributed by atoms with Crippen molar-refractivity contribution in [2.75, 3.05) is 13.1 Å². The third-order valence-electron chi connectivity index (χ3n) is 6.06. The van der Waals surface area contributed by atoms with Crippen LogP contribution in [-0.4, -0.2) is 41.0 Å². The molecular weight excluding hydrogens is 448 g/mol. The van der Waals surface area contributed by atoms with Crippen LogP contribution in [-0.2, 0) is 4.79 Å². The fraction of sp³-hybridized carbons (Fsp3) is 0.214. The molecular formula is C28H27ClN2O3. The Balaban J connectivity index is 1.40. The van der Waals surface area contributed by atoms with Gasteiger partial charge < -0.3 is 15.3 Å². The molecule has 0 bridgehead atoms. The SMILES string of the molecule is O=C(C[C@@H]1CC(=CCl)CN1C(=O)c1ccc(-c2ccccc2)cc1)NCC(O)c1ccccc1. The van der Waals surface area contributed by atoms with Crippen LogP contribution in [0.2, 0.25) is 0 Å². The van der Waals surface area contributed by atoms with Gasteiger partial charge in [0.2, 0.25) is 5.91 Å². The Hall–Kier alpha value is -3.41. The van der Waals surface area contributed by atoms with Gasteiger partial charge in [-0.3, -0.25) is 9.59 Å². The highest BCUT2D eigenvalue weighted by Gasteiger charge is 2.33. The van der Waals surface area contributed by atoms with Gasteiger partial charge in [0.05, 0.1) is 6.10 Å². The first kappa shape index (κ1) is 23.7. The largest absolute Gasteiger partial charge is 0.387 e. The van der Waals surface area contributed by atoms with Gasteiger partial charge in [0.1, 0.15) is 0 Å². The Morgan fingerprint density at radius 2 is 1.59 bits per heavy atom. The van der Waals surface area contributed by atoms with Crippen molar-refractivity contribution in [2.45, 2.75) is 25.0 Å². The number of benzene rings is 3. The fourth-order valence-electron chi connectivity index (χ4n) is 4.22. The van der Waals surface area contributed by atoms with Crippen LogP contribution in [0.1, 0.15) is 34.9 Å². The van der Waals surface area contributed by atoms with Crippen LogP contribution in [0.5, 0.6) is 0 Å². The second-order valence-corrected chi connectivity index (χ2v) is 8.65. The van der Waals surface area contributed by atoms with Crippen LogP contribution in [0.3, 0.4) is 0 Å². The van der Waals surface area contributed by atoms with Crippen molar-refractivity contribution < 1.29 is 14.7 Å². The Morgan fingerprint density at radius 3 is 2.24 bits per heavy atom. The number of aliphatic hydroxyl groups excluding tert-OH is 1. The Labute approximate surface area is 204 Å². The van der Waals surface area contributed by atoms with Gasteiger partial charge in [0, 0.05) is 36.7 Å². The number of nitrogens with zero attached hydrogens (tertiary/aromatic N) is 1. The molecule has 1 saturated heterocycles. The summed E-state index contributed by atoms with van der Waals surface area (Å²) in [5.41, 5.74) is 5.84. The quantitative estimate of drug-likeness (QED) is 0.510. The first-order chi connectivity index (χ1) is 16.5. The molecule has 6 heteroatoms. The number of carbonyl (C=O) groups is 2. The first-order valence-corrected chi connectivity index (χ1v) is 11.7. The van der Waals surface area contributed by atoms with Crippen molar-refractivity contribution in [1.82, 2.24) is 10.2 Å². The van der Waals surface area contributed by atoms with E-state index in [2.05, 4.69) is 5.32 Å². The average molecular weight is 475 g/mol. The van der Waals surface area contributed by atoms with Crippen LogP contribution in [0.25, 0.3) is 11.1 Å². The molecule has 5 nitrogen and oxygen atoms in total. The monoisotopic (exact) mass is 474 g/mol. The summed E-state index contributed by atoms with van der Waals surface area (Å²) in [4.78, 5) is 27.6. The molecule has 1 heterocycles. The number of hydrogen-bond donors (Lipinski definition) is 2. The predicted molar refractivity (Wildman–Crippen MR) is 134 cm³/mol. The normalized spacial score (nSPS) is 17.5. The van der Waals surface area contributed by atoms with Gasteiger partial charge in [-0.2, -0.15) is 0 Å². The maximum atomic E-state index is 13.3. The van der Waals surface area contributed by atoms with Crippen LogP contribution < -0.4 is 5.32 Å². The third-order valence-corrected chi connectivity index (χ3v) is 6.37. The zero-order chi connectivity index (χ0) is 23.9. The fourth-order valence-corrected chi connectivity index (χ4v) is 4.37.